The van der Waals surface area contributed by atoms with Gasteiger partial charge in [0, 0.05) is 18.3 Å². The van der Waals surface area contributed by atoms with Crippen molar-refractivity contribution in [2.24, 2.45) is 5.73 Å². The number of nitrogens with zero attached hydrogens (tertiary/aromatic N) is 1. The fourth-order valence-electron chi connectivity index (χ4n) is 2.42. The van der Waals surface area contributed by atoms with E-state index in [1.807, 2.05) is 12.3 Å². The molecule has 1 aromatic carbocycles. The molecular formula is C13H15N3O. The molecule has 0 saturated heterocycles. The molecule has 1 aliphatic rings. The molecule has 0 saturated carbocycles. The molecule has 1 aromatic heterocycles. The Balaban J connectivity index is 2.12. The first-order chi connectivity index (χ1) is 8.40. The normalized spacial score (nSPS) is 19.0. The van der Waals surface area contributed by atoms with Crippen LogP contribution in [0.1, 0.15) is 17.2 Å². The van der Waals surface area contributed by atoms with Gasteiger partial charge in [-0.2, -0.15) is 0 Å². The Hall–Kier alpha value is -1.65. The number of imidazole rings is 1. The molecule has 0 radical (unpaired) electrons. The van der Waals surface area contributed by atoms with Gasteiger partial charge in [0.05, 0.1) is 24.7 Å². The fraction of sp³-hybridized carbons (Fsp3) is 0.308. The fourth-order valence-corrected chi connectivity index (χ4v) is 2.42. The van der Waals surface area contributed by atoms with Crippen molar-refractivity contribution in [2.45, 2.75) is 12.5 Å². The van der Waals surface area contributed by atoms with Gasteiger partial charge in [-0.1, -0.05) is 18.2 Å². The number of nitrogens with one attached hydrogen (secondary N) is 1. The highest BCUT2D eigenvalue weighted by molar-refractivity contribution is 5.65. The molecule has 2 aromatic rings. The molecule has 4 nitrogen and oxygen atoms in total. The average Bonchev–Trinajstić information content (AvgIpc) is 2.91. The van der Waals surface area contributed by atoms with Crippen LogP contribution in [0.3, 0.4) is 0 Å². The summed E-state index contributed by atoms with van der Waals surface area (Å²) in [6.07, 6.45) is 4.57. The second-order valence-electron chi connectivity index (χ2n) is 4.17. The van der Waals surface area contributed by atoms with E-state index in [1.54, 1.807) is 6.33 Å². The van der Waals surface area contributed by atoms with Crippen LogP contribution in [0.25, 0.3) is 11.3 Å². The van der Waals surface area contributed by atoms with Gasteiger partial charge < -0.3 is 15.5 Å². The first-order valence-electron chi connectivity index (χ1n) is 5.82. The van der Waals surface area contributed by atoms with Crippen LogP contribution in [0.2, 0.25) is 0 Å². The van der Waals surface area contributed by atoms with Gasteiger partial charge in [-0.15, -0.1) is 0 Å². The topological polar surface area (TPSA) is 63.9 Å². The number of aromatic nitrogens is 2. The SMILES string of the molecule is NCC1OCCc2c(-c3c[nH]cn3)cccc21. The molecule has 0 bridgehead atoms. The van der Waals surface area contributed by atoms with Crippen LogP contribution >= 0.6 is 0 Å². The Bertz CT molecular complexity index is 507. The van der Waals surface area contributed by atoms with E-state index < -0.39 is 0 Å². The summed E-state index contributed by atoms with van der Waals surface area (Å²) in [5.74, 6) is 0. The van der Waals surface area contributed by atoms with E-state index in [2.05, 4.69) is 22.1 Å². The smallest absolute Gasteiger partial charge is 0.0950 e. The van der Waals surface area contributed by atoms with E-state index in [1.165, 1.54) is 16.7 Å². The van der Waals surface area contributed by atoms with Gasteiger partial charge in [-0.3, -0.25) is 0 Å². The summed E-state index contributed by atoms with van der Waals surface area (Å²) in [7, 11) is 0. The molecule has 3 rings (SSSR count). The Morgan fingerprint density at radius 2 is 2.41 bits per heavy atom. The molecule has 1 aliphatic heterocycles. The third kappa shape index (κ3) is 1.75. The molecule has 2 heterocycles. The lowest BCUT2D eigenvalue weighted by molar-refractivity contribution is 0.0486. The number of hydrogen-bond acceptors (Lipinski definition) is 3. The monoisotopic (exact) mass is 229 g/mol. The molecule has 3 N–H and O–H groups in total. The predicted octanol–water partition coefficient (Wildman–Crippen LogP) is 1.65. The highest BCUT2D eigenvalue weighted by Crippen LogP contribution is 2.32. The number of aromatic amines is 1. The average molecular weight is 229 g/mol. The van der Waals surface area contributed by atoms with Gasteiger partial charge in [0.25, 0.3) is 0 Å². The van der Waals surface area contributed by atoms with E-state index in [0.29, 0.717) is 6.54 Å². The van der Waals surface area contributed by atoms with E-state index in [-0.39, 0.29) is 6.10 Å². The van der Waals surface area contributed by atoms with Crippen LogP contribution in [0.15, 0.2) is 30.7 Å². The van der Waals surface area contributed by atoms with Crippen molar-refractivity contribution < 1.29 is 4.74 Å². The minimum atomic E-state index is 0.0256. The maximum absolute atomic E-state index is 5.74. The summed E-state index contributed by atoms with van der Waals surface area (Å²) in [6, 6.07) is 6.25. The van der Waals surface area contributed by atoms with Gasteiger partial charge in [-0.25, -0.2) is 4.98 Å². The first-order valence-corrected chi connectivity index (χ1v) is 5.82. The van der Waals surface area contributed by atoms with Crippen molar-refractivity contribution in [1.82, 2.24) is 9.97 Å². The maximum Gasteiger partial charge on any atom is 0.0950 e. The Morgan fingerprint density at radius 3 is 3.18 bits per heavy atom. The highest BCUT2D eigenvalue weighted by Gasteiger charge is 2.22. The molecule has 4 heteroatoms. The van der Waals surface area contributed by atoms with Crippen LogP contribution in [-0.2, 0) is 11.2 Å². The zero-order valence-corrected chi connectivity index (χ0v) is 9.52. The second-order valence-corrected chi connectivity index (χ2v) is 4.17. The number of H-pyrrole nitrogens is 1. The highest BCUT2D eigenvalue weighted by atomic mass is 16.5. The van der Waals surface area contributed by atoms with Crippen molar-refractivity contribution in [1.29, 1.82) is 0 Å². The number of rotatable bonds is 2. The molecule has 0 fully saturated rings. The summed E-state index contributed by atoms with van der Waals surface area (Å²) in [6.45, 7) is 1.26. The molecule has 0 aliphatic carbocycles. The van der Waals surface area contributed by atoms with Crippen LogP contribution in [0.5, 0.6) is 0 Å². The minimum absolute atomic E-state index is 0.0256. The summed E-state index contributed by atoms with van der Waals surface area (Å²) < 4.78 is 5.67. The zero-order chi connectivity index (χ0) is 11.7. The zero-order valence-electron chi connectivity index (χ0n) is 9.52. The van der Waals surface area contributed by atoms with Crippen molar-refractivity contribution in [3.05, 3.63) is 41.9 Å². The molecular weight excluding hydrogens is 214 g/mol. The van der Waals surface area contributed by atoms with E-state index >= 15 is 0 Å². The summed E-state index contributed by atoms with van der Waals surface area (Å²) >= 11 is 0. The third-order valence-corrected chi connectivity index (χ3v) is 3.22. The second kappa shape index (κ2) is 4.31. The summed E-state index contributed by atoms with van der Waals surface area (Å²) in [5, 5.41) is 0. The van der Waals surface area contributed by atoms with Crippen LogP contribution < -0.4 is 5.73 Å². The Morgan fingerprint density at radius 1 is 1.47 bits per heavy atom. The van der Waals surface area contributed by atoms with Gasteiger partial charge in [0.2, 0.25) is 0 Å². The predicted molar refractivity (Wildman–Crippen MR) is 65.5 cm³/mol. The lowest BCUT2D eigenvalue weighted by Gasteiger charge is -2.26. The van der Waals surface area contributed by atoms with Gasteiger partial charge in [0.1, 0.15) is 0 Å². The lowest BCUT2D eigenvalue weighted by Crippen LogP contribution is -2.23. The van der Waals surface area contributed by atoms with Gasteiger partial charge in [0.15, 0.2) is 0 Å². The van der Waals surface area contributed by atoms with Crippen LogP contribution in [0.4, 0.5) is 0 Å². The number of hydrogen-bond donors (Lipinski definition) is 2. The molecule has 0 spiro atoms. The largest absolute Gasteiger partial charge is 0.372 e. The molecule has 88 valence electrons. The quantitative estimate of drug-likeness (QED) is 0.823. The maximum atomic E-state index is 5.74. The molecule has 1 atom stereocenters. The van der Waals surface area contributed by atoms with Crippen LogP contribution in [-0.4, -0.2) is 23.1 Å². The first kappa shape index (κ1) is 10.5. The van der Waals surface area contributed by atoms with Gasteiger partial charge in [-0.05, 0) is 17.5 Å². The van der Waals surface area contributed by atoms with Crippen molar-refractivity contribution >= 4 is 0 Å². The standard InChI is InChI=1S/C13H15N3O/c14-6-13-11-3-1-2-10(9(11)4-5-17-13)12-7-15-8-16-12/h1-3,7-8,13H,4-6,14H2,(H,15,16). The van der Waals surface area contributed by atoms with Crippen LogP contribution in [0, 0.1) is 0 Å². The Kier molecular flexibility index (Phi) is 2.66. The van der Waals surface area contributed by atoms with Crippen molar-refractivity contribution in [2.75, 3.05) is 13.2 Å². The summed E-state index contributed by atoms with van der Waals surface area (Å²) in [4.78, 5) is 7.31. The number of benzene rings is 1. The van der Waals surface area contributed by atoms with Crippen molar-refractivity contribution in [3.63, 3.8) is 0 Å². The summed E-state index contributed by atoms with van der Waals surface area (Å²) in [5.41, 5.74) is 10.4. The Labute approximate surface area is 99.8 Å². The van der Waals surface area contributed by atoms with E-state index in [9.17, 15) is 0 Å². The van der Waals surface area contributed by atoms with Gasteiger partial charge >= 0.3 is 0 Å². The molecule has 1 unspecified atom stereocenters. The minimum Gasteiger partial charge on any atom is -0.372 e. The van der Waals surface area contributed by atoms with E-state index in [4.69, 9.17) is 10.5 Å². The number of ether oxygens (including phenoxy) is 1. The number of fused-ring (bicyclic) bond motifs is 1. The lowest BCUT2D eigenvalue weighted by atomic mass is 9.92. The molecule has 17 heavy (non-hydrogen) atoms. The van der Waals surface area contributed by atoms with Crippen molar-refractivity contribution in [3.8, 4) is 11.3 Å². The van der Waals surface area contributed by atoms with E-state index in [0.717, 1.165) is 18.7 Å². The number of nitrogens with two attached hydrogens (primary N) is 1. The third-order valence-electron chi connectivity index (χ3n) is 3.22. The molecule has 0 amide bonds.